The van der Waals surface area contributed by atoms with Crippen molar-refractivity contribution in [3.8, 4) is 0 Å². The second-order valence-electron chi connectivity index (χ2n) is 5.18. The van der Waals surface area contributed by atoms with E-state index in [-0.39, 0.29) is 6.04 Å². The van der Waals surface area contributed by atoms with Crippen LogP contribution in [0.5, 0.6) is 0 Å². The normalized spacial score (nSPS) is 13.9. The Labute approximate surface area is 139 Å². The molecule has 4 heteroatoms. The van der Waals surface area contributed by atoms with Crippen LogP contribution in [0, 0.1) is 3.57 Å². The monoisotopic (exact) mass is 396 g/mol. The fourth-order valence-corrected chi connectivity index (χ4v) is 2.79. The zero-order valence-corrected chi connectivity index (χ0v) is 14.0. The summed E-state index contributed by atoms with van der Waals surface area (Å²) in [5.74, 6) is 0. The van der Waals surface area contributed by atoms with Gasteiger partial charge in [0.15, 0.2) is 0 Å². The molecule has 2 rings (SSSR count). The molecule has 21 heavy (non-hydrogen) atoms. The first kappa shape index (κ1) is 16.4. The van der Waals surface area contributed by atoms with E-state index in [1.807, 2.05) is 36.4 Å². The average molecular weight is 396 g/mol. The Balaban J connectivity index is 1.75. The average Bonchev–Trinajstić information content (AvgIpc) is 2.48. The lowest BCUT2D eigenvalue weighted by molar-refractivity contribution is 0.141. The van der Waals surface area contributed by atoms with Gasteiger partial charge in [0.2, 0.25) is 0 Å². The molecule has 0 heterocycles. The molecule has 0 aliphatic heterocycles. The number of hydrogen-bond donors (Lipinski definition) is 3. The van der Waals surface area contributed by atoms with Crippen molar-refractivity contribution in [1.29, 1.82) is 0 Å². The highest BCUT2D eigenvalue weighted by atomic mass is 127. The molecular formula is C17H21IN2O. The largest absolute Gasteiger partial charge is 0.390 e. The van der Waals surface area contributed by atoms with Crippen LogP contribution in [0.25, 0.3) is 0 Å². The summed E-state index contributed by atoms with van der Waals surface area (Å²) in [4.78, 5) is 0. The molecule has 0 bridgehead atoms. The van der Waals surface area contributed by atoms with Crippen molar-refractivity contribution >= 4 is 22.6 Å². The van der Waals surface area contributed by atoms with Crippen LogP contribution in [0.3, 0.4) is 0 Å². The topological polar surface area (TPSA) is 58.3 Å². The molecule has 2 atom stereocenters. The molecule has 0 amide bonds. The SMILES string of the molecule is NC(Cc1ccccc1)C(O)CNCc1cccc(I)c1. The van der Waals surface area contributed by atoms with Crippen LogP contribution in [-0.2, 0) is 13.0 Å². The Kier molecular flexibility index (Phi) is 6.63. The number of hydrogen-bond acceptors (Lipinski definition) is 3. The molecule has 0 aromatic heterocycles. The summed E-state index contributed by atoms with van der Waals surface area (Å²) >= 11 is 2.30. The molecule has 0 saturated carbocycles. The minimum atomic E-state index is -0.548. The predicted octanol–water partition coefficient (Wildman–Crippen LogP) is 2.31. The van der Waals surface area contributed by atoms with Crippen LogP contribution < -0.4 is 11.1 Å². The van der Waals surface area contributed by atoms with Crippen molar-refractivity contribution in [2.24, 2.45) is 5.73 Å². The van der Waals surface area contributed by atoms with Gasteiger partial charge in [-0.2, -0.15) is 0 Å². The van der Waals surface area contributed by atoms with Gasteiger partial charge in [-0.3, -0.25) is 0 Å². The Hall–Kier alpha value is -0.950. The number of aliphatic hydroxyl groups excluding tert-OH is 1. The van der Waals surface area contributed by atoms with Gasteiger partial charge in [-0.25, -0.2) is 0 Å². The van der Waals surface area contributed by atoms with E-state index < -0.39 is 6.10 Å². The molecule has 112 valence electrons. The minimum Gasteiger partial charge on any atom is -0.390 e. The van der Waals surface area contributed by atoms with Crippen molar-refractivity contribution in [1.82, 2.24) is 5.32 Å². The Morgan fingerprint density at radius 1 is 1.05 bits per heavy atom. The maximum Gasteiger partial charge on any atom is 0.0818 e. The fraction of sp³-hybridized carbons (Fsp3) is 0.294. The Bertz CT molecular complexity index is 547. The van der Waals surface area contributed by atoms with Crippen molar-refractivity contribution in [2.45, 2.75) is 25.1 Å². The Morgan fingerprint density at radius 3 is 2.48 bits per heavy atom. The first-order valence-electron chi connectivity index (χ1n) is 7.08. The van der Waals surface area contributed by atoms with Gasteiger partial charge < -0.3 is 16.2 Å². The summed E-state index contributed by atoms with van der Waals surface area (Å²) in [5, 5.41) is 13.4. The molecule has 2 unspecified atom stereocenters. The molecule has 0 aliphatic rings. The van der Waals surface area contributed by atoms with Gasteiger partial charge in [-0.15, -0.1) is 0 Å². The van der Waals surface area contributed by atoms with E-state index in [2.05, 4.69) is 46.1 Å². The fourth-order valence-electron chi connectivity index (χ4n) is 2.18. The summed E-state index contributed by atoms with van der Waals surface area (Å²) in [7, 11) is 0. The summed E-state index contributed by atoms with van der Waals surface area (Å²) < 4.78 is 1.22. The van der Waals surface area contributed by atoms with Crippen molar-refractivity contribution in [3.05, 3.63) is 69.3 Å². The number of halogens is 1. The van der Waals surface area contributed by atoms with Crippen LogP contribution in [0.2, 0.25) is 0 Å². The highest BCUT2D eigenvalue weighted by Crippen LogP contribution is 2.08. The van der Waals surface area contributed by atoms with Gasteiger partial charge in [0, 0.05) is 22.7 Å². The lowest BCUT2D eigenvalue weighted by Crippen LogP contribution is -2.42. The maximum atomic E-state index is 10.1. The zero-order valence-electron chi connectivity index (χ0n) is 11.9. The second kappa shape index (κ2) is 8.48. The van der Waals surface area contributed by atoms with Crippen molar-refractivity contribution in [3.63, 3.8) is 0 Å². The van der Waals surface area contributed by atoms with Gasteiger partial charge in [-0.1, -0.05) is 42.5 Å². The maximum absolute atomic E-state index is 10.1. The molecule has 2 aromatic rings. The van der Waals surface area contributed by atoms with Crippen LogP contribution in [-0.4, -0.2) is 23.8 Å². The molecular weight excluding hydrogens is 375 g/mol. The van der Waals surface area contributed by atoms with Gasteiger partial charge >= 0.3 is 0 Å². The van der Waals surface area contributed by atoms with Crippen LogP contribution >= 0.6 is 22.6 Å². The molecule has 0 aliphatic carbocycles. The van der Waals surface area contributed by atoms with E-state index in [4.69, 9.17) is 5.73 Å². The molecule has 0 saturated heterocycles. The van der Waals surface area contributed by atoms with Gasteiger partial charge in [-0.05, 0) is 52.3 Å². The number of nitrogens with one attached hydrogen (secondary N) is 1. The zero-order chi connectivity index (χ0) is 15.1. The van der Waals surface area contributed by atoms with Gasteiger partial charge in [0.25, 0.3) is 0 Å². The van der Waals surface area contributed by atoms with Crippen LogP contribution in [0.1, 0.15) is 11.1 Å². The summed E-state index contributed by atoms with van der Waals surface area (Å²) in [6.45, 7) is 1.24. The first-order valence-corrected chi connectivity index (χ1v) is 8.16. The molecule has 4 N–H and O–H groups in total. The van der Waals surface area contributed by atoms with Crippen LogP contribution in [0.15, 0.2) is 54.6 Å². The number of rotatable bonds is 7. The van der Waals surface area contributed by atoms with E-state index in [0.29, 0.717) is 13.0 Å². The third-order valence-electron chi connectivity index (χ3n) is 3.38. The number of benzene rings is 2. The predicted molar refractivity (Wildman–Crippen MR) is 95.0 cm³/mol. The van der Waals surface area contributed by atoms with E-state index >= 15 is 0 Å². The molecule has 0 spiro atoms. The molecule has 0 fully saturated rings. The summed E-state index contributed by atoms with van der Waals surface area (Å²) in [6.07, 6.45) is 0.139. The summed E-state index contributed by atoms with van der Waals surface area (Å²) in [6, 6.07) is 18.1. The standard InChI is InChI=1S/C17H21IN2O/c18-15-8-4-7-14(9-15)11-20-12-17(21)16(19)10-13-5-2-1-3-6-13/h1-9,16-17,20-21H,10-12,19H2. The minimum absolute atomic E-state index is 0.254. The quantitative estimate of drug-likeness (QED) is 0.630. The molecule has 2 aromatic carbocycles. The van der Waals surface area contributed by atoms with Crippen molar-refractivity contribution in [2.75, 3.05) is 6.54 Å². The summed E-state index contributed by atoms with van der Waals surface area (Å²) in [5.41, 5.74) is 8.43. The van der Waals surface area contributed by atoms with Crippen molar-refractivity contribution < 1.29 is 5.11 Å². The third kappa shape index (κ3) is 5.74. The number of nitrogens with two attached hydrogens (primary N) is 1. The van der Waals surface area contributed by atoms with Gasteiger partial charge in [0.1, 0.15) is 0 Å². The third-order valence-corrected chi connectivity index (χ3v) is 4.05. The highest BCUT2D eigenvalue weighted by Gasteiger charge is 2.14. The molecule has 0 radical (unpaired) electrons. The van der Waals surface area contributed by atoms with Gasteiger partial charge in [0.05, 0.1) is 6.10 Å². The van der Waals surface area contributed by atoms with E-state index in [1.165, 1.54) is 9.13 Å². The number of aliphatic hydroxyl groups is 1. The second-order valence-corrected chi connectivity index (χ2v) is 6.43. The Morgan fingerprint density at radius 2 is 1.76 bits per heavy atom. The molecule has 3 nitrogen and oxygen atoms in total. The highest BCUT2D eigenvalue weighted by molar-refractivity contribution is 14.1. The lowest BCUT2D eigenvalue weighted by Gasteiger charge is -2.19. The van der Waals surface area contributed by atoms with E-state index in [1.54, 1.807) is 0 Å². The first-order chi connectivity index (χ1) is 10.1. The van der Waals surface area contributed by atoms with Crippen LogP contribution in [0.4, 0.5) is 0 Å². The van der Waals surface area contributed by atoms with E-state index in [0.717, 1.165) is 12.1 Å². The lowest BCUT2D eigenvalue weighted by atomic mass is 10.0. The smallest absolute Gasteiger partial charge is 0.0818 e. The van der Waals surface area contributed by atoms with E-state index in [9.17, 15) is 5.11 Å².